The lowest BCUT2D eigenvalue weighted by atomic mass is 10.1. The zero-order valence-corrected chi connectivity index (χ0v) is 17.6. The molecule has 0 saturated carbocycles. The van der Waals surface area contributed by atoms with Crippen LogP contribution in [0.15, 0.2) is 60.0 Å². The standard InChI is InChI=1S/C23H21FN2O3S/c1-15-8-9-16(12-21(15)29-3)6-4-5-7-22(27)26-23-25-19(14-30-23)17-10-11-20(28-2)18(24)13-17/h4-14H,1-3H3,(H,25,26,27)/b6-4+,7-5+. The van der Waals surface area contributed by atoms with Gasteiger partial charge >= 0.3 is 0 Å². The van der Waals surface area contributed by atoms with E-state index in [0.717, 1.165) is 16.9 Å². The molecule has 0 atom stereocenters. The van der Waals surface area contributed by atoms with E-state index >= 15 is 0 Å². The van der Waals surface area contributed by atoms with Gasteiger partial charge in [0.1, 0.15) is 5.75 Å². The predicted octanol–water partition coefficient (Wildman–Crippen LogP) is 5.48. The Morgan fingerprint density at radius 3 is 2.63 bits per heavy atom. The summed E-state index contributed by atoms with van der Waals surface area (Å²) in [6, 6.07) is 10.5. The molecule has 30 heavy (non-hydrogen) atoms. The van der Waals surface area contributed by atoms with E-state index in [-0.39, 0.29) is 11.7 Å². The maximum absolute atomic E-state index is 13.9. The number of carbonyl (C=O) groups is 1. The number of amides is 1. The summed E-state index contributed by atoms with van der Waals surface area (Å²) in [5, 5.41) is 4.89. The van der Waals surface area contributed by atoms with Gasteiger partial charge in [0.25, 0.3) is 0 Å². The Morgan fingerprint density at radius 2 is 1.90 bits per heavy atom. The fraction of sp³-hybridized carbons (Fsp3) is 0.130. The number of ether oxygens (including phenoxy) is 2. The van der Waals surface area contributed by atoms with E-state index < -0.39 is 5.82 Å². The number of carbonyl (C=O) groups excluding carboxylic acids is 1. The van der Waals surface area contributed by atoms with Crippen molar-refractivity contribution < 1.29 is 18.7 Å². The monoisotopic (exact) mass is 424 g/mol. The van der Waals surface area contributed by atoms with Gasteiger partial charge in [-0.05, 0) is 42.3 Å². The first-order chi connectivity index (χ1) is 14.5. The Kier molecular flexibility index (Phi) is 6.98. The third kappa shape index (κ3) is 5.33. The number of allylic oxidation sites excluding steroid dienone is 2. The summed E-state index contributed by atoms with van der Waals surface area (Å²) in [7, 11) is 3.05. The number of benzene rings is 2. The van der Waals surface area contributed by atoms with Gasteiger partial charge in [0, 0.05) is 17.0 Å². The van der Waals surface area contributed by atoms with E-state index in [1.54, 1.807) is 36.8 Å². The van der Waals surface area contributed by atoms with Crippen LogP contribution in [0.1, 0.15) is 11.1 Å². The summed E-state index contributed by atoms with van der Waals surface area (Å²) in [4.78, 5) is 16.4. The summed E-state index contributed by atoms with van der Waals surface area (Å²) in [5.74, 6) is 0.220. The largest absolute Gasteiger partial charge is 0.496 e. The summed E-state index contributed by atoms with van der Waals surface area (Å²) < 4.78 is 24.1. The van der Waals surface area contributed by atoms with Crippen molar-refractivity contribution in [3.05, 3.63) is 77.0 Å². The quantitative estimate of drug-likeness (QED) is 0.403. The third-order valence-corrected chi connectivity index (χ3v) is 5.02. The number of aryl methyl sites for hydroxylation is 1. The lowest BCUT2D eigenvalue weighted by Crippen LogP contribution is -2.07. The molecule has 0 aliphatic heterocycles. The molecule has 154 valence electrons. The van der Waals surface area contributed by atoms with E-state index in [1.165, 1.54) is 30.6 Å². The smallest absolute Gasteiger partial charge is 0.250 e. The van der Waals surface area contributed by atoms with Gasteiger partial charge in [0.05, 0.1) is 19.9 Å². The number of hydrogen-bond acceptors (Lipinski definition) is 5. The lowest BCUT2D eigenvalue weighted by molar-refractivity contribution is -0.111. The van der Waals surface area contributed by atoms with Crippen molar-refractivity contribution >= 4 is 28.5 Å². The fourth-order valence-corrected chi connectivity index (χ4v) is 3.41. The van der Waals surface area contributed by atoms with Gasteiger partial charge in [-0.2, -0.15) is 0 Å². The Bertz CT molecular complexity index is 1110. The van der Waals surface area contributed by atoms with Gasteiger partial charge in [0.2, 0.25) is 5.91 Å². The molecule has 0 radical (unpaired) electrons. The van der Waals surface area contributed by atoms with Crippen LogP contribution in [0.4, 0.5) is 9.52 Å². The Labute approximate surface area is 178 Å². The SMILES string of the molecule is COc1cc(/C=C/C=C/C(=O)Nc2nc(-c3ccc(OC)c(F)c3)cs2)ccc1C. The van der Waals surface area contributed by atoms with Crippen molar-refractivity contribution in [2.45, 2.75) is 6.92 Å². The molecular formula is C23H21FN2O3S. The summed E-state index contributed by atoms with van der Waals surface area (Å²) in [5.41, 5.74) is 3.22. The molecular weight excluding hydrogens is 403 g/mol. The number of nitrogens with zero attached hydrogens (tertiary/aromatic N) is 1. The normalized spacial score (nSPS) is 11.2. The maximum atomic E-state index is 13.9. The zero-order chi connectivity index (χ0) is 21.5. The molecule has 0 unspecified atom stereocenters. The van der Waals surface area contributed by atoms with Crippen LogP contribution in [0.2, 0.25) is 0 Å². The first-order valence-corrected chi connectivity index (χ1v) is 9.98. The first-order valence-electron chi connectivity index (χ1n) is 9.10. The molecule has 1 aromatic heterocycles. The third-order valence-electron chi connectivity index (χ3n) is 4.26. The van der Waals surface area contributed by atoms with Gasteiger partial charge < -0.3 is 9.47 Å². The van der Waals surface area contributed by atoms with Crippen molar-refractivity contribution in [1.29, 1.82) is 0 Å². The van der Waals surface area contributed by atoms with Crippen molar-refractivity contribution in [2.75, 3.05) is 19.5 Å². The van der Waals surface area contributed by atoms with Crippen LogP contribution in [0.25, 0.3) is 17.3 Å². The molecule has 0 saturated heterocycles. The van der Waals surface area contributed by atoms with E-state index in [4.69, 9.17) is 9.47 Å². The molecule has 0 aliphatic rings. The van der Waals surface area contributed by atoms with Crippen LogP contribution in [-0.4, -0.2) is 25.1 Å². The highest BCUT2D eigenvalue weighted by Gasteiger charge is 2.09. The average molecular weight is 424 g/mol. The fourth-order valence-electron chi connectivity index (χ4n) is 2.69. The van der Waals surface area contributed by atoms with Crippen LogP contribution in [0.3, 0.4) is 0 Å². The maximum Gasteiger partial charge on any atom is 0.250 e. The van der Waals surface area contributed by atoms with Crippen LogP contribution in [-0.2, 0) is 4.79 Å². The minimum Gasteiger partial charge on any atom is -0.496 e. The molecule has 5 nitrogen and oxygen atoms in total. The van der Waals surface area contributed by atoms with Gasteiger partial charge in [-0.3, -0.25) is 10.1 Å². The minimum absolute atomic E-state index is 0.171. The minimum atomic E-state index is -0.463. The first kappa shape index (κ1) is 21.3. The van der Waals surface area contributed by atoms with Crippen molar-refractivity contribution in [3.8, 4) is 22.8 Å². The second kappa shape index (κ2) is 9.84. The number of anilines is 1. The van der Waals surface area contributed by atoms with Crippen LogP contribution >= 0.6 is 11.3 Å². The highest BCUT2D eigenvalue weighted by atomic mass is 32.1. The van der Waals surface area contributed by atoms with Crippen molar-refractivity contribution in [3.63, 3.8) is 0 Å². The lowest BCUT2D eigenvalue weighted by Gasteiger charge is -2.04. The molecule has 1 N–H and O–H groups in total. The number of hydrogen-bond donors (Lipinski definition) is 1. The predicted molar refractivity (Wildman–Crippen MR) is 119 cm³/mol. The van der Waals surface area contributed by atoms with Crippen LogP contribution in [0.5, 0.6) is 11.5 Å². The average Bonchev–Trinajstić information content (AvgIpc) is 3.20. The molecule has 2 aromatic carbocycles. The molecule has 1 heterocycles. The molecule has 0 fully saturated rings. The number of halogens is 1. The highest BCUT2D eigenvalue weighted by Crippen LogP contribution is 2.28. The Hall–Kier alpha value is -3.45. The van der Waals surface area contributed by atoms with Crippen LogP contribution < -0.4 is 14.8 Å². The Morgan fingerprint density at radius 1 is 1.10 bits per heavy atom. The van der Waals surface area contributed by atoms with E-state index in [0.29, 0.717) is 16.4 Å². The molecule has 0 spiro atoms. The molecule has 0 aliphatic carbocycles. The van der Waals surface area contributed by atoms with Gasteiger partial charge in [-0.25, -0.2) is 9.37 Å². The number of thiazole rings is 1. The second-order valence-corrected chi connectivity index (χ2v) is 7.18. The number of rotatable bonds is 7. The van der Waals surface area contributed by atoms with Crippen LogP contribution in [0, 0.1) is 12.7 Å². The highest BCUT2D eigenvalue weighted by molar-refractivity contribution is 7.14. The number of aromatic nitrogens is 1. The second-order valence-electron chi connectivity index (χ2n) is 6.32. The molecule has 7 heteroatoms. The molecule has 1 amide bonds. The summed E-state index contributed by atoms with van der Waals surface area (Å²) in [6.07, 6.45) is 6.72. The van der Waals surface area contributed by atoms with E-state index in [9.17, 15) is 9.18 Å². The van der Waals surface area contributed by atoms with Crippen molar-refractivity contribution in [1.82, 2.24) is 4.98 Å². The topological polar surface area (TPSA) is 60.5 Å². The number of nitrogens with one attached hydrogen (secondary N) is 1. The van der Waals surface area contributed by atoms with Gasteiger partial charge in [-0.15, -0.1) is 11.3 Å². The van der Waals surface area contributed by atoms with E-state index in [2.05, 4.69) is 10.3 Å². The zero-order valence-electron chi connectivity index (χ0n) is 16.8. The van der Waals surface area contributed by atoms with Gasteiger partial charge in [-0.1, -0.05) is 30.4 Å². The summed E-state index contributed by atoms with van der Waals surface area (Å²) >= 11 is 1.27. The Balaban J connectivity index is 1.59. The molecule has 3 aromatic rings. The molecule has 0 bridgehead atoms. The van der Waals surface area contributed by atoms with E-state index in [1.807, 2.05) is 31.2 Å². The van der Waals surface area contributed by atoms with Crippen molar-refractivity contribution in [2.24, 2.45) is 0 Å². The summed E-state index contributed by atoms with van der Waals surface area (Å²) in [6.45, 7) is 1.98. The van der Waals surface area contributed by atoms with Gasteiger partial charge in [0.15, 0.2) is 16.7 Å². The number of methoxy groups -OCH3 is 2. The molecule has 3 rings (SSSR count).